The van der Waals surface area contributed by atoms with Crippen molar-refractivity contribution in [1.82, 2.24) is 4.57 Å². The van der Waals surface area contributed by atoms with Gasteiger partial charge in [-0.2, -0.15) is 0 Å². The molecule has 2 heterocycles. The first-order valence-electron chi connectivity index (χ1n) is 13.2. The lowest BCUT2D eigenvalue weighted by atomic mass is 9.95. The Labute approximate surface area is 250 Å². The van der Waals surface area contributed by atoms with E-state index in [2.05, 4.69) is 4.99 Å². The third kappa shape index (κ3) is 5.89. The molecule has 0 fully saturated rings. The molecule has 42 heavy (non-hydrogen) atoms. The van der Waals surface area contributed by atoms with Crippen molar-refractivity contribution in [2.45, 2.75) is 33.4 Å². The van der Waals surface area contributed by atoms with Gasteiger partial charge in [0.25, 0.3) is 5.56 Å². The van der Waals surface area contributed by atoms with E-state index in [9.17, 15) is 14.0 Å². The first-order chi connectivity index (χ1) is 20.2. The topological polar surface area (TPSA) is 79.1 Å². The number of fused-ring (bicyclic) bond motifs is 1. The number of allylic oxidation sites excluding steroid dienone is 1. The largest absolute Gasteiger partial charge is 0.493 e. The molecule has 3 aromatic carbocycles. The van der Waals surface area contributed by atoms with E-state index >= 15 is 0 Å². The van der Waals surface area contributed by atoms with Crippen LogP contribution in [0.25, 0.3) is 6.08 Å². The summed E-state index contributed by atoms with van der Waals surface area (Å²) in [4.78, 5) is 32.0. The number of aromatic nitrogens is 1. The highest BCUT2D eigenvalue weighted by Gasteiger charge is 2.33. The van der Waals surface area contributed by atoms with Crippen molar-refractivity contribution < 1.29 is 23.4 Å². The summed E-state index contributed by atoms with van der Waals surface area (Å²) in [6.07, 6.45) is 1.71. The number of carbonyl (C=O) groups is 1. The second-order valence-electron chi connectivity index (χ2n) is 9.66. The fourth-order valence-electron chi connectivity index (χ4n) is 4.71. The highest BCUT2D eigenvalue weighted by atomic mass is 35.5. The molecule has 1 aromatic heterocycles. The molecule has 0 spiro atoms. The van der Waals surface area contributed by atoms with Crippen molar-refractivity contribution in [3.05, 3.63) is 125 Å². The number of halogens is 2. The van der Waals surface area contributed by atoms with E-state index in [0.717, 1.165) is 16.7 Å². The van der Waals surface area contributed by atoms with Crippen LogP contribution in [0.2, 0.25) is 5.02 Å². The Morgan fingerprint density at radius 3 is 2.50 bits per heavy atom. The number of benzene rings is 3. The van der Waals surface area contributed by atoms with E-state index in [0.29, 0.717) is 37.7 Å². The predicted octanol–water partition coefficient (Wildman–Crippen LogP) is 5.49. The zero-order valence-corrected chi connectivity index (χ0v) is 25.0. The highest BCUT2D eigenvalue weighted by molar-refractivity contribution is 7.07. The Kier molecular flexibility index (Phi) is 8.61. The van der Waals surface area contributed by atoms with E-state index in [4.69, 9.17) is 25.8 Å². The molecule has 0 saturated carbocycles. The molecule has 7 nitrogen and oxygen atoms in total. The zero-order valence-electron chi connectivity index (χ0n) is 23.4. The average molecular weight is 607 g/mol. The van der Waals surface area contributed by atoms with Crippen LogP contribution in [0.15, 0.2) is 81.7 Å². The minimum atomic E-state index is -0.691. The van der Waals surface area contributed by atoms with Crippen LogP contribution in [-0.2, 0) is 16.1 Å². The molecule has 1 aliphatic rings. The number of thiazole rings is 1. The zero-order chi connectivity index (χ0) is 30.0. The summed E-state index contributed by atoms with van der Waals surface area (Å²) in [6.45, 7) is 5.83. The molecule has 0 N–H and O–H groups in total. The Bertz CT molecular complexity index is 1860. The van der Waals surface area contributed by atoms with Gasteiger partial charge >= 0.3 is 5.97 Å². The Morgan fingerprint density at radius 1 is 1.12 bits per heavy atom. The van der Waals surface area contributed by atoms with Gasteiger partial charge in [-0.3, -0.25) is 9.36 Å². The maximum Gasteiger partial charge on any atom is 0.338 e. The Balaban J connectivity index is 1.56. The molecular weight excluding hydrogens is 579 g/mol. The molecule has 0 unspecified atom stereocenters. The lowest BCUT2D eigenvalue weighted by Crippen LogP contribution is -2.39. The van der Waals surface area contributed by atoms with Gasteiger partial charge in [0.2, 0.25) is 0 Å². The molecule has 5 rings (SSSR count). The van der Waals surface area contributed by atoms with Crippen molar-refractivity contribution >= 4 is 35.0 Å². The van der Waals surface area contributed by atoms with E-state index in [1.807, 2.05) is 31.2 Å². The first kappa shape index (κ1) is 29.3. The summed E-state index contributed by atoms with van der Waals surface area (Å²) in [5.74, 6) is -0.134. The van der Waals surface area contributed by atoms with Crippen LogP contribution in [0.5, 0.6) is 11.5 Å². The smallest absolute Gasteiger partial charge is 0.338 e. The quantitative estimate of drug-likeness (QED) is 0.248. The molecule has 216 valence electrons. The Hall–Kier alpha value is -4.21. The molecule has 0 amide bonds. The van der Waals surface area contributed by atoms with Gasteiger partial charge in [0, 0.05) is 0 Å². The summed E-state index contributed by atoms with van der Waals surface area (Å²) >= 11 is 7.81. The monoisotopic (exact) mass is 606 g/mol. The van der Waals surface area contributed by atoms with Gasteiger partial charge < -0.3 is 14.2 Å². The molecule has 1 atom stereocenters. The van der Waals surface area contributed by atoms with Crippen LogP contribution in [0.4, 0.5) is 4.39 Å². The standard InChI is InChI=1S/C32H28ClFN2O5S/c1-5-40-31(38)27-19(3)35-32-36(28(27)22-10-6-18(2)7-11-22)30(37)26(42-32)16-21-14-24(33)29(25(15-21)39-4)41-17-20-8-12-23(34)13-9-20/h6-16,28H,5,17H2,1-4H3/b26-16+/t28-/m0/s1. The van der Waals surface area contributed by atoms with E-state index in [-0.39, 0.29) is 29.6 Å². The molecule has 0 saturated heterocycles. The van der Waals surface area contributed by atoms with Crippen LogP contribution in [0.3, 0.4) is 0 Å². The third-order valence-corrected chi connectivity index (χ3v) is 8.02. The van der Waals surface area contributed by atoms with Gasteiger partial charge in [-0.15, -0.1) is 0 Å². The summed E-state index contributed by atoms with van der Waals surface area (Å²) in [5.41, 5.74) is 3.74. The van der Waals surface area contributed by atoms with Crippen LogP contribution in [0.1, 0.15) is 42.1 Å². The molecular formula is C32H28ClFN2O5S. The van der Waals surface area contributed by atoms with Gasteiger partial charge in [-0.05, 0) is 67.8 Å². The molecule has 0 aliphatic carbocycles. The number of esters is 1. The lowest BCUT2D eigenvalue weighted by Gasteiger charge is -2.24. The second-order valence-corrected chi connectivity index (χ2v) is 11.1. The first-order valence-corrected chi connectivity index (χ1v) is 14.4. The summed E-state index contributed by atoms with van der Waals surface area (Å²) in [7, 11) is 1.50. The van der Waals surface area contributed by atoms with Crippen LogP contribution >= 0.6 is 22.9 Å². The number of aryl methyl sites for hydroxylation is 1. The van der Waals surface area contributed by atoms with Gasteiger partial charge in [0.15, 0.2) is 16.3 Å². The van der Waals surface area contributed by atoms with Gasteiger partial charge in [0.05, 0.1) is 40.6 Å². The van der Waals surface area contributed by atoms with Gasteiger partial charge in [-0.25, -0.2) is 14.2 Å². The maximum absolute atomic E-state index is 13.9. The number of nitrogens with zero attached hydrogens (tertiary/aromatic N) is 2. The summed E-state index contributed by atoms with van der Waals surface area (Å²) in [6, 6.07) is 16.4. The molecule has 4 aromatic rings. The third-order valence-electron chi connectivity index (χ3n) is 6.76. The van der Waals surface area contributed by atoms with Crippen molar-refractivity contribution in [2.24, 2.45) is 4.99 Å². The van der Waals surface area contributed by atoms with Crippen molar-refractivity contribution in [1.29, 1.82) is 0 Å². The van der Waals surface area contributed by atoms with E-state index in [1.165, 1.54) is 30.6 Å². The molecule has 10 heteroatoms. The number of carbonyl (C=O) groups excluding carboxylic acids is 1. The summed E-state index contributed by atoms with van der Waals surface area (Å²) < 4.78 is 32.0. The van der Waals surface area contributed by atoms with Gasteiger partial charge in [-0.1, -0.05) is 64.9 Å². The minimum Gasteiger partial charge on any atom is -0.493 e. The lowest BCUT2D eigenvalue weighted by molar-refractivity contribution is -0.139. The minimum absolute atomic E-state index is 0.162. The normalized spacial score (nSPS) is 14.8. The van der Waals surface area contributed by atoms with Crippen LogP contribution < -0.4 is 24.4 Å². The average Bonchev–Trinajstić information content (AvgIpc) is 3.26. The fraction of sp³-hybridized carbons (Fsp3) is 0.219. The number of methoxy groups -OCH3 is 1. The van der Waals surface area contributed by atoms with E-state index < -0.39 is 12.0 Å². The van der Waals surface area contributed by atoms with Crippen molar-refractivity contribution in [3.63, 3.8) is 0 Å². The highest BCUT2D eigenvalue weighted by Crippen LogP contribution is 2.37. The number of ether oxygens (including phenoxy) is 3. The van der Waals surface area contributed by atoms with Gasteiger partial charge in [0.1, 0.15) is 12.4 Å². The van der Waals surface area contributed by atoms with Crippen LogP contribution in [-0.4, -0.2) is 24.3 Å². The number of hydrogen-bond acceptors (Lipinski definition) is 7. The molecule has 0 bridgehead atoms. The summed E-state index contributed by atoms with van der Waals surface area (Å²) in [5, 5.41) is 0.286. The number of hydrogen-bond donors (Lipinski definition) is 0. The van der Waals surface area contributed by atoms with Crippen molar-refractivity contribution in [2.75, 3.05) is 13.7 Å². The Morgan fingerprint density at radius 2 is 1.83 bits per heavy atom. The van der Waals surface area contributed by atoms with Crippen LogP contribution in [0, 0.1) is 12.7 Å². The molecule has 0 radical (unpaired) electrons. The SMILES string of the molecule is CCOC(=O)C1=C(C)N=c2s/c(=C/c3cc(Cl)c(OCc4ccc(F)cc4)c(OC)c3)c(=O)n2[C@H]1c1ccc(C)cc1. The predicted molar refractivity (Wildman–Crippen MR) is 160 cm³/mol. The van der Waals surface area contributed by atoms with Crippen molar-refractivity contribution in [3.8, 4) is 11.5 Å². The maximum atomic E-state index is 13.9. The second kappa shape index (κ2) is 12.3. The number of rotatable bonds is 8. The molecule has 1 aliphatic heterocycles. The fourth-order valence-corrected chi connectivity index (χ4v) is 6.03. The van der Waals surface area contributed by atoms with E-state index in [1.54, 1.807) is 48.8 Å².